The van der Waals surface area contributed by atoms with Crippen LogP contribution in [0.5, 0.6) is 11.5 Å². The van der Waals surface area contributed by atoms with Gasteiger partial charge in [0.1, 0.15) is 17.1 Å². The smallest absolute Gasteiger partial charge is 0.119 e. The van der Waals surface area contributed by atoms with Gasteiger partial charge in [0, 0.05) is 0 Å². The fourth-order valence-corrected chi connectivity index (χ4v) is 2.01. The van der Waals surface area contributed by atoms with Crippen LogP contribution in [-0.4, -0.2) is 19.3 Å². The molecule has 3 nitrogen and oxygen atoms in total. The maximum atomic E-state index is 10.7. The molecule has 1 N–H and O–H groups in total. The molecule has 0 amide bonds. The van der Waals surface area contributed by atoms with Crippen molar-refractivity contribution in [2.24, 2.45) is 0 Å². The summed E-state index contributed by atoms with van der Waals surface area (Å²) < 4.78 is 10.3. The van der Waals surface area contributed by atoms with Crippen LogP contribution in [0.15, 0.2) is 48.5 Å². The Morgan fingerprint density at radius 3 is 2.05 bits per heavy atom. The summed E-state index contributed by atoms with van der Waals surface area (Å²) in [6.45, 7) is 1.77. The van der Waals surface area contributed by atoms with Crippen LogP contribution in [0, 0.1) is 0 Å². The standard InChI is InChI=1S/C16H18O3/c1-16(17,12-7-9-14(18-2)10-8-12)13-5-4-6-15(11-13)19-3/h4-11,17H,1-3H3. The van der Waals surface area contributed by atoms with Crippen LogP contribution in [0.2, 0.25) is 0 Å². The number of ether oxygens (including phenoxy) is 2. The van der Waals surface area contributed by atoms with Crippen molar-refractivity contribution in [3.8, 4) is 11.5 Å². The van der Waals surface area contributed by atoms with Crippen molar-refractivity contribution in [1.29, 1.82) is 0 Å². The molecule has 0 aliphatic heterocycles. The van der Waals surface area contributed by atoms with E-state index < -0.39 is 5.60 Å². The van der Waals surface area contributed by atoms with Crippen LogP contribution >= 0.6 is 0 Å². The number of hydrogen-bond acceptors (Lipinski definition) is 3. The highest BCUT2D eigenvalue weighted by Gasteiger charge is 2.25. The van der Waals surface area contributed by atoms with Gasteiger partial charge in [-0.1, -0.05) is 24.3 Å². The van der Waals surface area contributed by atoms with Crippen LogP contribution in [0.3, 0.4) is 0 Å². The van der Waals surface area contributed by atoms with E-state index in [1.165, 1.54) is 0 Å². The summed E-state index contributed by atoms with van der Waals surface area (Å²) in [6, 6.07) is 14.8. The predicted octanol–water partition coefficient (Wildman–Crippen LogP) is 2.96. The minimum atomic E-state index is -1.07. The van der Waals surface area contributed by atoms with Crippen LogP contribution in [0.4, 0.5) is 0 Å². The van der Waals surface area contributed by atoms with Gasteiger partial charge in [-0.25, -0.2) is 0 Å². The fraction of sp³-hybridized carbons (Fsp3) is 0.250. The highest BCUT2D eigenvalue weighted by atomic mass is 16.5. The fourth-order valence-electron chi connectivity index (χ4n) is 2.01. The highest BCUT2D eigenvalue weighted by Crippen LogP contribution is 2.31. The first kappa shape index (κ1) is 13.4. The minimum absolute atomic E-state index is 0.728. The average molecular weight is 258 g/mol. The molecule has 0 heterocycles. The molecule has 1 atom stereocenters. The van der Waals surface area contributed by atoms with E-state index in [1.54, 1.807) is 21.1 Å². The third-order valence-electron chi connectivity index (χ3n) is 3.28. The van der Waals surface area contributed by atoms with E-state index >= 15 is 0 Å². The van der Waals surface area contributed by atoms with Crippen molar-refractivity contribution < 1.29 is 14.6 Å². The predicted molar refractivity (Wildman–Crippen MR) is 74.7 cm³/mol. The summed E-state index contributed by atoms with van der Waals surface area (Å²) >= 11 is 0. The maximum Gasteiger partial charge on any atom is 0.119 e. The molecule has 3 heteroatoms. The number of hydrogen-bond donors (Lipinski definition) is 1. The zero-order chi connectivity index (χ0) is 13.9. The van der Waals surface area contributed by atoms with Crippen molar-refractivity contribution in [1.82, 2.24) is 0 Å². The molecule has 0 radical (unpaired) electrons. The summed E-state index contributed by atoms with van der Waals surface area (Å²) in [5.41, 5.74) is 0.527. The normalized spacial score (nSPS) is 13.7. The number of aliphatic hydroxyl groups is 1. The molecule has 0 saturated carbocycles. The lowest BCUT2D eigenvalue weighted by Gasteiger charge is -2.25. The topological polar surface area (TPSA) is 38.7 Å². The first-order valence-corrected chi connectivity index (χ1v) is 6.09. The lowest BCUT2D eigenvalue weighted by Crippen LogP contribution is -2.22. The maximum absolute atomic E-state index is 10.7. The molecule has 19 heavy (non-hydrogen) atoms. The molecular formula is C16H18O3. The molecule has 2 aromatic rings. The summed E-state index contributed by atoms with van der Waals surface area (Å²) in [4.78, 5) is 0. The van der Waals surface area contributed by atoms with E-state index in [0.29, 0.717) is 0 Å². The minimum Gasteiger partial charge on any atom is -0.497 e. The van der Waals surface area contributed by atoms with Gasteiger partial charge in [-0.3, -0.25) is 0 Å². The molecule has 100 valence electrons. The van der Waals surface area contributed by atoms with E-state index in [9.17, 15) is 5.11 Å². The summed E-state index contributed by atoms with van der Waals surface area (Å²) in [5, 5.41) is 10.7. The quantitative estimate of drug-likeness (QED) is 0.916. The Bertz CT molecular complexity index is 544. The molecule has 0 aromatic heterocycles. The molecule has 1 unspecified atom stereocenters. The van der Waals surface area contributed by atoms with Crippen LogP contribution in [-0.2, 0) is 5.60 Å². The average Bonchev–Trinajstić information content (AvgIpc) is 2.47. The molecule has 0 saturated heterocycles. The van der Waals surface area contributed by atoms with E-state index in [-0.39, 0.29) is 0 Å². The molecule has 2 rings (SSSR count). The zero-order valence-electron chi connectivity index (χ0n) is 11.4. The van der Waals surface area contributed by atoms with Gasteiger partial charge in [0.25, 0.3) is 0 Å². The van der Waals surface area contributed by atoms with Crippen molar-refractivity contribution in [3.63, 3.8) is 0 Å². The molecular weight excluding hydrogens is 240 g/mol. The Kier molecular flexibility index (Phi) is 3.76. The lowest BCUT2D eigenvalue weighted by molar-refractivity contribution is 0.102. The van der Waals surface area contributed by atoms with Crippen molar-refractivity contribution >= 4 is 0 Å². The van der Waals surface area contributed by atoms with Gasteiger partial charge in [-0.2, -0.15) is 0 Å². The highest BCUT2D eigenvalue weighted by molar-refractivity contribution is 5.40. The Morgan fingerprint density at radius 2 is 1.47 bits per heavy atom. The van der Waals surface area contributed by atoms with Crippen LogP contribution in [0.25, 0.3) is 0 Å². The Balaban J connectivity index is 2.38. The number of benzene rings is 2. The molecule has 0 bridgehead atoms. The molecule has 0 spiro atoms. The van der Waals surface area contributed by atoms with Crippen LogP contribution < -0.4 is 9.47 Å². The van der Waals surface area contributed by atoms with Gasteiger partial charge in [0.2, 0.25) is 0 Å². The van der Waals surface area contributed by atoms with E-state index in [0.717, 1.165) is 22.6 Å². The lowest BCUT2D eigenvalue weighted by atomic mass is 9.88. The molecule has 2 aromatic carbocycles. The van der Waals surface area contributed by atoms with E-state index in [2.05, 4.69) is 0 Å². The second-order valence-electron chi connectivity index (χ2n) is 4.53. The van der Waals surface area contributed by atoms with Gasteiger partial charge in [-0.15, -0.1) is 0 Å². The van der Waals surface area contributed by atoms with Crippen molar-refractivity contribution in [2.75, 3.05) is 14.2 Å². The van der Waals surface area contributed by atoms with E-state index in [4.69, 9.17) is 9.47 Å². The molecule has 0 aliphatic rings. The molecule has 0 fully saturated rings. The van der Waals surface area contributed by atoms with Crippen molar-refractivity contribution in [3.05, 3.63) is 59.7 Å². The van der Waals surface area contributed by atoms with Gasteiger partial charge in [-0.05, 0) is 42.3 Å². The SMILES string of the molecule is COc1ccc(C(C)(O)c2cccc(OC)c2)cc1. The zero-order valence-corrected chi connectivity index (χ0v) is 11.4. The second kappa shape index (κ2) is 5.33. The monoisotopic (exact) mass is 258 g/mol. The number of methoxy groups -OCH3 is 2. The summed E-state index contributed by atoms with van der Waals surface area (Å²) in [5.74, 6) is 1.50. The first-order chi connectivity index (χ1) is 9.07. The van der Waals surface area contributed by atoms with Gasteiger partial charge >= 0.3 is 0 Å². The third kappa shape index (κ3) is 2.71. The van der Waals surface area contributed by atoms with E-state index in [1.807, 2.05) is 48.5 Å². The Labute approximate surface area is 113 Å². The van der Waals surface area contributed by atoms with Gasteiger partial charge < -0.3 is 14.6 Å². The Hall–Kier alpha value is -2.00. The second-order valence-corrected chi connectivity index (χ2v) is 4.53. The van der Waals surface area contributed by atoms with Crippen molar-refractivity contribution in [2.45, 2.75) is 12.5 Å². The van der Waals surface area contributed by atoms with Gasteiger partial charge in [0.05, 0.1) is 14.2 Å². The third-order valence-corrected chi connectivity index (χ3v) is 3.28. The Morgan fingerprint density at radius 1 is 0.842 bits per heavy atom. The summed E-state index contributed by atoms with van der Waals surface area (Å²) in [7, 11) is 3.23. The largest absolute Gasteiger partial charge is 0.497 e. The van der Waals surface area contributed by atoms with Crippen LogP contribution in [0.1, 0.15) is 18.1 Å². The summed E-state index contributed by atoms with van der Waals surface area (Å²) in [6.07, 6.45) is 0. The van der Waals surface area contributed by atoms with Gasteiger partial charge in [0.15, 0.2) is 0 Å². The molecule has 0 aliphatic carbocycles. The first-order valence-electron chi connectivity index (χ1n) is 6.09. The number of rotatable bonds is 4.